The first kappa shape index (κ1) is 12.4. The fourth-order valence-corrected chi connectivity index (χ4v) is 2.65. The summed E-state index contributed by atoms with van der Waals surface area (Å²) in [4.78, 5) is 27.4. The third-order valence-electron chi connectivity index (χ3n) is 3.47. The summed E-state index contributed by atoms with van der Waals surface area (Å²) in [6, 6.07) is 5.76. The number of amides is 3. The SMILES string of the molecule is CC1(C)OCC2C(=O)N(c3ccc(Cl)cc3)C(=O)N21. The number of benzene rings is 1. The average Bonchev–Trinajstić information content (AvgIpc) is 2.79. The smallest absolute Gasteiger partial charge is 0.334 e. The Hall–Kier alpha value is -1.59. The van der Waals surface area contributed by atoms with E-state index in [-0.39, 0.29) is 18.5 Å². The number of carbonyl (C=O) groups is 2. The standard InChI is InChI=1S/C13H13ClN2O3/c1-13(2)16-10(7-19-13)11(17)15(12(16)18)9-5-3-8(14)4-6-9/h3-6,10H,7H2,1-2H3. The highest BCUT2D eigenvalue weighted by molar-refractivity contribution is 6.30. The molecule has 2 fully saturated rings. The summed E-state index contributed by atoms with van der Waals surface area (Å²) >= 11 is 5.81. The maximum atomic E-state index is 12.4. The molecule has 0 saturated carbocycles. The number of hydrogen-bond acceptors (Lipinski definition) is 3. The summed E-state index contributed by atoms with van der Waals surface area (Å²) < 4.78 is 5.49. The Kier molecular flexibility index (Phi) is 2.59. The molecule has 2 heterocycles. The maximum Gasteiger partial charge on any atom is 0.334 e. The van der Waals surface area contributed by atoms with Crippen molar-refractivity contribution in [1.82, 2.24) is 4.90 Å². The molecular formula is C13H13ClN2O3. The highest BCUT2D eigenvalue weighted by Gasteiger charge is 2.56. The van der Waals surface area contributed by atoms with Crippen LogP contribution < -0.4 is 4.90 Å². The van der Waals surface area contributed by atoms with Crippen LogP contribution in [-0.2, 0) is 9.53 Å². The Morgan fingerprint density at radius 2 is 1.89 bits per heavy atom. The number of urea groups is 1. The van der Waals surface area contributed by atoms with Crippen molar-refractivity contribution in [2.75, 3.05) is 11.5 Å². The Morgan fingerprint density at radius 1 is 1.26 bits per heavy atom. The van der Waals surface area contributed by atoms with Gasteiger partial charge in [0.05, 0.1) is 12.3 Å². The second-order valence-corrected chi connectivity index (χ2v) is 5.51. The fourth-order valence-electron chi connectivity index (χ4n) is 2.53. The van der Waals surface area contributed by atoms with Gasteiger partial charge in [-0.25, -0.2) is 9.69 Å². The number of anilines is 1. The average molecular weight is 281 g/mol. The van der Waals surface area contributed by atoms with Crippen molar-refractivity contribution in [1.29, 1.82) is 0 Å². The van der Waals surface area contributed by atoms with Crippen LogP contribution in [0.25, 0.3) is 0 Å². The summed E-state index contributed by atoms with van der Waals surface area (Å²) in [6.45, 7) is 3.80. The van der Waals surface area contributed by atoms with E-state index in [4.69, 9.17) is 16.3 Å². The van der Waals surface area contributed by atoms with Crippen LogP contribution in [0.3, 0.4) is 0 Å². The van der Waals surface area contributed by atoms with E-state index in [0.717, 1.165) is 0 Å². The van der Waals surface area contributed by atoms with Crippen molar-refractivity contribution in [2.45, 2.75) is 25.6 Å². The van der Waals surface area contributed by atoms with Crippen LogP contribution in [-0.4, -0.2) is 35.2 Å². The first-order chi connectivity index (χ1) is 8.92. The van der Waals surface area contributed by atoms with E-state index in [1.54, 1.807) is 38.1 Å². The summed E-state index contributed by atoms with van der Waals surface area (Å²) in [7, 11) is 0. The van der Waals surface area contributed by atoms with E-state index >= 15 is 0 Å². The number of carbonyl (C=O) groups excluding carboxylic acids is 2. The normalized spacial score (nSPS) is 25.1. The molecule has 0 aromatic heterocycles. The molecule has 1 aromatic carbocycles. The van der Waals surface area contributed by atoms with Crippen molar-refractivity contribution in [3.8, 4) is 0 Å². The Balaban J connectivity index is 1.99. The van der Waals surface area contributed by atoms with Crippen molar-refractivity contribution in [3.05, 3.63) is 29.3 Å². The highest BCUT2D eigenvalue weighted by Crippen LogP contribution is 2.36. The Bertz CT molecular complexity index is 556. The van der Waals surface area contributed by atoms with Gasteiger partial charge in [-0.2, -0.15) is 0 Å². The zero-order valence-electron chi connectivity index (χ0n) is 10.6. The van der Waals surface area contributed by atoms with Gasteiger partial charge in [0.2, 0.25) is 0 Å². The molecule has 2 saturated heterocycles. The third-order valence-corrected chi connectivity index (χ3v) is 3.73. The summed E-state index contributed by atoms with van der Waals surface area (Å²) in [5.41, 5.74) is -0.219. The maximum absolute atomic E-state index is 12.4. The van der Waals surface area contributed by atoms with Crippen LogP contribution in [0.2, 0.25) is 5.02 Å². The molecular weight excluding hydrogens is 268 g/mol. The van der Waals surface area contributed by atoms with Crippen molar-refractivity contribution in [3.63, 3.8) is 0 Å². The molecule has 3 rings (SSSR count). The molecule has 3 amide bonds. The second kappa shape index (κ2) is 3.95. The lowest BCUT2D eigenvalue weighted by molar-refractivity contribution is -0.119. The number of halogens is 1. The third kappa shape index (κ3) is 1.73. The summed E-state index contributed by atoms with van der Waals surface area (Å²) in [6.07, 6.45) is 0. The molecule has 1 aromatic rings. The lowest BCUT2D eigenvalue weighted by atomic mass is 10.2. The highest BCUT2D eigenvalue weighted by atomic mass is 35.5. The molecule has 6 heteroatoms. The predicted octanol–water partition coefficient (Wildman–Crippen LogP) is 2.24. The van der Waals surface area contributed by atoms with Gasteiger partial charge in [0, 0.05) is 5.02 Å². The quantitative estimate of drug-likeness (QED) is 0.741. The summed E-state index contributed by atoms with van der Waals surface area (Å²) in [5, 5.41) is 0.562. The van der Waals surface area contributed by atoms with Crippen LogP contribution in [0.15, 0.2) is 24.3 Å². The van der Waals surface area contributed by atoms with E-state index < -0.39 is 11.8 Å². The van der Waals surface area contributed by atoms with Crippen LogP contribution in [0.1, 0.15) is 13.8 Å². The van der Waals surface area contributed by atoms with Crippen molar-refractivity contribution < 1.29 is 14.3 Å². The first-order valence-electron chi connectivity index (χ1n) is 5.98. The molecule has 19 heavy (non-hydrogen) atoms. The van der Waals surface area contributed by atoms with Crippen LogP contribution >= 0.6 is 11.6 Å². The monoisotopic (exact) mass is 280 g/mol. The Labute approximate surface area is 115 Å². The van der Waals surface area contributed by atoms with Crippen LogP contribution in [0, 0.1) is 0 Å². The molecule has 5 nitrogen and oxygen atoms in total. The van der Waals surface area contributed by atoms with Crippen molar-refractivity contribution >= 4 is 29.2 Å². The van der Waals surface area contributed by atoms with E-state index in [2.05, 4.69) is 0 Å². The Morgan fingerprint density at radius 3 is 2.47 bits per heavy atom. The lowest BCUT2D eigenvalue weighted by Crippen LogP contribution is -2.45. The fraction of sp³-hybridized carbons (Fsp3) is 0.385. The topological polar surface area (TPSA) is 49.9 Å². The molecule has 0 N–H and O–H groups in total. The molecule has 0 aliphatic carbocycles. The predicted molar refractivity (Wildman–Crippen MR) is 70.0 cm³/mol. The lowest BCUT2D eigenvalue weighted by Gasteiger charge is -2.28. The van der Waals surface area contributed by atoms with Gasteiger partial charge < -0.3 is 4.74 Å². The molecule has 0 radical (unpaired) electrons. The van der Waals surface area contributed by atoms with Gasteiger partial charge in [0.15, 0.2) is 0 Å². The van der Waals surface area contributed by atoms with E-state index in [9.17, 15) is 9.59 Å². The van der Waals surface area contributed by atoms with E-state index in [0.29, 0.717) is 10.7 Å². The van der Waals surface area contributed by atoms with Gasteiger partial charge in [0.25, 0.3) is 5.91 Å². The van der Waals surface area contributed by atoms with Gasteiger partial charge >= 0.3 is 6.03 Å². The number of hydrogen-bond donors (Lipinski definition) is 0. The molecule has 1 unspecified atom stereocenters. The van der Waals surface area contributed by atoms with Crippen LogP contribution in [0.5, 0.6) is 0 Å². The van der Waals surface area contributed by atoms with Gasteiger partial charge in [-0.3, -0.25) is 9.69 Å². The molecule has 100 valence electrons. The minimum absolute atomic E-state index is 0.238. The number of rotatable bonds is 1. The van der Waals surface area contributed by atoms with Crippen molar-refractivity contribution in [2.24, 2.45) is 0 Å². The van der Waals surface area contributed by atoms with Gasteiger partial charge in [0.1, 0.15) is 11.8 Å². The van der Waals surface area contributed by atoms with Crippen LogP contribution in [0.4, 0.5) is 10.5 Å². The molecule has 1 atom stereocenters. The zero-order valence-corrected chi connectivity index (χ0v) is 11.3. The molecule has 0 bridgehead atoms. The number of imide groups is 1. The molecule has 2 aliphatic rings. The molecule has 2 aliphatic heterocycles. The minimum atomic E-state index is -0.751. The molecule has 0 spiro atoms. The zero-order chi connectivity index (χ0) is 13.8. The number of nitrogens with zero attached hydrogens (tertiary/aromatic N) is 2. The van der Waals surface area contributed by atoms with Gasteiger partial charge in [-0.15, -0.1) is 0 Å². The van der Waals surface area contributed by atoms with Gasteiger partial charge in [-0.05, 0) is 38.1 Å². The largest absolute Gasteiger partial charge is 0.353 e. The number of fused-ring (bicyclic) bond motifs is 1. The van der Waals surface area contributed by atoms with E-state index in [1.165, 1.54) is 9.80 Å². The number of ether oxygens (including phenoxy) is 1. The summed E-state index contributed by atoms with van der Waals surface area (Å²) in [5.74, 6) is -0.252. The second-order valence-electron chi connectivity index (χ2n) is 5.08. The van der Waals surface area contributed by atoms with E-state index in [1.807, 2.05) is 0 Å². The first-order valence-corrected chi connectivity index (χ1v) is 6.36. The minimum Gasteiger partial charge on any atom is -0.353 e. The van der Waals surface area contributed by atoms with Gasteiger partial charge in [-0.1, -0.05) is 11.6 Å².